The van der Waals surface area contributed by atoms with Crippen molar-refractivity contribution >= 4 is 28.7 Å². The Hall–Kier alpha value is -4.73. The molecule has 0 saturated heterocycles. The number of aromatic hydroxyl groups is 2. The molecule has 0 atom stereocenters. The lowest BCUT2D eigenvalue weighted by molar-refractivity contribution is -0.123. The number of anilines is 1. The molecule has 4 rings (SSSR count). The van der Waals surface area contributed by atoms with Crippen molar-refractivity contribution in [3.8, 4) is 22.8 Å². The van der Waals surface area contributed by atoms with Crippen LogP contribution in [0.25, 0.3) is 22.3 Å². The van der Waals surface area contributed by atoms with E-state index in [1.165, 1.54) is 23.1 Å². The largest absolute Gasteiger partial charge is 0.504 e. The Morgan fingerprint density at radius 2 is 1.85 bits per heavy atom. The van der Waals surface area contributed by atoms with Gasteiger partial charge in [-0.1, -0.05) is 24.8 Å². The molecule has 2 aromatic heterocycles. The number of phenols is 2. The number of imide groups is 1. The molecule has 0 aliphatic rings. The van der Waals surface area contributed by atoms with Crippen LogP contribution in [0.2, 0.25) is 0 Å². The van der Waals surface area contributed by atoms with Gasteiger partial charge in [0.05, 0.1) is 11.9 Å². The molecule has 0 aliphatic carbocycles. The third kappa shape index (κ3) is 4.09. The van der Waals surface area contributed by atoms with Crippen molar-refractivity contribution in [1.29, 1.82) is 0 Å². The normalized spacial score (nSPS) is 10.8. The minimum absolute atomic E-state index is 0.000460. The summed E-state index contributed by atoms with van der Waals surface area (Å²) < 4.78 is 1.51. The fourth-order valence-electron chi connectivity index (χ4n) is 3.41. The fraction of sp³-hybridized carbons (Fsp3) is 0.0870. The van der Waals surface area contributed by atoms with Crippen molar-refractivity contribution in [2.45, 2.75) is 6.54 Å². The van der Waals surface area contributed by atoms with Crippen molar-refractivity contribution < 1.29 is 19.8 Å². The molecule has 0 fully saturated rings. The lowest BCUT2D eigenvalue weighted by atomic mass is 10.1. The van der Waals surface area contributed by atoms with E-state index in [1.54, 1.807) is 36.4 Å². The van der Waals surface area contributed by atoms with Crippen LogP contribution < -0.4 is 5.73 Å². The Balaban J connectivity index is 1.71. The number of rotatable bonds is 6. The van der Waals surface area contributed by atoms with Gasteiger partial charge < -0.3 is 15.9 Å². The Labute approximate surface area is 188 Å². The summed E-state index contributed by atoms with van der Waals surface area (Å²) >= 11 is 0. The maximum Gasteiger partial charge on any atom is 0.260 e. The van der Waals surface area contributed by atoms with Gasteiger partial charge in [0.2, 0.25) is 0 Å². The molecular formula is C23H20N6O4. The molecule has 2 heterocycles. The van der Waals surface area contributed by atoms with Crippen LogP contribution in [0.5, 0.6) is 11.5 Å². The van der Waals surface area contributed by atoms with E-state index in [-0.39, 0.29) is 30.4 Å². The first kappa shape index (κ1) is 21.5. The van der Waals surface area contributed by atoms with Crippen LogP contribution in [0.1, 0.15) is 10.4 Å². The highest BCUT2D eigenvalue weighted by molar-refractivity contribution is 6.07. The first-order valence-electron chi connectivity index (χ1n) is 9.93. The molecule has 10 heteroatoms. The van der Waals surface area contributed by atoms with Crippen molar-refractivity contribution in [2.75, 3.05) is 12.3 Å². The second kappa shape index (κ2) is 8.79. The minimum Gasteiger partial charge on any atom is -0.504 e. The van der Waals surface area contributed by atoms with E-state index in [0.717, 1.165) is 11.0 Å². The van der Waals surface area contributed by atoms with E-state index in [2.05, 4.69) is 21.6 Å². The van der Waals surface area contributed by atoms with Crippen LogP contribution in [0.3, 0.4) is 0 Å². The van der Waals surface area contributed by atoms with Crippen LogP contribution in [0.15, 0.2) is 67.5 Å². The molecule has 0 spiro atoms. The zero-order valence-corrected chi connectivity index (χ0v) is 17.4. The molecule has 4 N–H and O–H groups in total. The van der Waals surface area contributed by atoms with E-state index < -0.39 is 11.8 Å². The quantitative estimate of drug-likeness (QED) is 0.303. The smallest absolute Gasteiger partial charge is 0.260 e. The SMILES string of the molecule is C=CC(=O)N(CCn1nc(-c2ccc(O)c(O)c2)c2c(N)ncnc21)C(=O)c1ccccc1. The van der Waals surface area contributed by atoms with Gasteiger partial charge in [-0.15, -0.1) is 0 Å². The predicted octanol–water partition coefficient (Wildman–Crippen LogP) is 2.34. The lowest BCUT2D eigenvalue weighted by Gasteiger charge is -2.19. The molecule has 0 aliphatic heterocycles. The number of hydrogen-bond donors (Lipinski definition) is 3. The van der Waals surface area contributed by atoms with E-state index in [0.29, 0.717) is 27.9 Å². The number of benzene rings is 2. The van der Waals surface area contributed by atoms with Gasteiger partial charge in [0, 0.05) is 17.7 Å². The maximum atomic E-state index is 12.9. The number of carbonyl (C=O) groups excluding carboxylic acids is 2. The van der Waals surface area contributed by atoms with Gasteiger partial charge in [0.1, 0.15) is 17.8 Å². The number of nitrogen functional groups attached to an aromatic ring is 1. The zero-order valence-electron chi connectivity index (χ0n) is 17.4. The molecule has 10 nitrogen and oxygen atoms in total. The summed E-state index contributed by atoms with van der Waals surface area (Å²) in [6.45, 7) is 3.61. The molecule has 4 aromatic rings. The van der Waals surface area contributed by atoms with Gasteiger partial charge in [-0.3, -0.25) is 14.5 Å². The highest BCUT2D eigenvalue weighted by Crippen LogP contribution is 2.34. The van der Waals surface area contributed by atoms with Gasteiger partial charge in [-0.2, -0.15) is 5.10 Å². The van der Waals surface area contributed by atoms with Gasteiger partial charge in [0.15, 0.2) is 17.1 Å². The molecule has 0 saturated carbocycles. The third-order valence-electron chi connectivity index (χ3n) is 5.05. The molecule has 33 heavy (non-hydrogen) atoms. The Bertz CT molecular complexity index is 1370. The highest BCUT2D eigenvalue weighted by Gasteiger charge is 2.23. The van der Waals surface area contributed by atoms with Crippen LogP contribution >= 0.6 is 0 Å². The zero-order chi connectivity index (χ0) is 23.5. The van der Waals surface area contributed by atoms with E-state index in [1.807, 2.05) is 0 Å². The van der Waals surface area contributed by atoms with Crippen LogP contribution in [0.4, 0.5) is 5.82 Å². The average molecular weight is 444 g/mol. The third-order valence-corrected chi connectivity index (χ3v) is 5.05. The summed E-state index contributed by atoms with van der Waals surface area (Å²) in [6, 6.07) is 12.7. The number of carbonyl (C=O) groups is 2. The van der Waals surface area contributed by atoms with E-state index in [4.69, 9.17) is 5.73 Å². The molecule has 2 amide bonds. The van der Waals surface area contributed by atoms with Crippen molar-refractivity contribution in [2.24, 2.45) is 0 Å². The number of nitrogens with two attached hydrogens (primary N) is 1. The Kier molecular flexibility index (Phi) is 5.73. The second-order valence-corrected chi connectivity index (χ2v) is 7.10. The summed E-state index contributed by atoms with van der Waals surface area (Å²) in [7, 11) is 0. The van der Waals surface area contributed by atoms with E-state index >= 15 is 0 Å². The summed E-state index contributed by atoms with van der Waals surface area (Å²) in [4.78, 5) is 34.7. The second-order valence-electron chi connectivity index (χ2n) is 7.10. The number of nitrogens with zero attached hydrogens (tertiary/aromatic N) is 5. The summed E-state index contributed by atoms with van der Waals surface area (Å²) in [5.41, 5.74) is 7.70. The number of phenolic OH excluding ortho intramolecular Hbond substituents is 2. The standard InChI is InChI=1S/C23H20N6O4/c1-2-18(32)28(23(33)14-6-4-3-5-7-14)10-11-29-22-19(21(24)25-13-26-22)20(27-29)15-8-9-16(30)17(31)12-15/h2-9,12-13,30-31H,1,10-11H2,(H2,24,25,26). The molecular weight excluding hydrogens is 424 g/mol. The number of amides is 2. The van der Waals surface area contributed by atoms with Crippen LogP contribution in [-0.4, -0.2) is 53.2 Å². The summed E-state index contributed by atoms with van der Waals surface area (Å²) in [6.07, 6.45) is 2.36. The van der Waals surface area contributed by atoms with E-state index in [9.17, 15) is 19.8 Å². The molecule has 0 bridgehead atoms. The molecule has 166 valence electrons. The van der Waals surface area contributed by atoms with Crippen molar-refractivity contribution in [1.82, 2.24) is 24.6 Å². The fourth-order valence-corrected chi connectivity index (χ4v) is 3.41. The summed E-state index contributed by atoms with van der Waals surface area (Å²) in [5, 5.41) is 24.5. The molecule has 2 aromatic carbocycles. The molecule has 0 radical (unpaired) electrons. The highest BCUT2D eigenvalue weighted by atomic mass is 16.3. The van der Waals surface area contributed by atoms with Crippen LogP contribution in [-0.2, 0) is 11.3 Å². The first-order chi connectivity index (χ1) is 15.9. The number of aromatic nitrogens is 4. The van der Waals surface area contributed by atoms with Gasteiger partial charge in [-0.05, 0) is 36.4 Å². The average Bonchev–Trinajstić information content (AvgIpc) is 3.21. The number of fused-ring (bicyclic) bond motifs is 1. The Morgan fingerprint density at radius 3 is 2.55 bits per heavy atom. The topological polar surface area (TPSA) is 147 Å². The predicted molar refractivity (Wildman–Crippen MR) is 121 cm³/mol. The number of hydrogen-bond acceptors (Lipinski definition) is 8. The van der Waals surface area contributed by atoms with Gasteiger partial charge in [0.25, 0.3) is 11.8 Å². The van der Waals surface area contributed by atoms with Gasteiger partial charge >= 0.3 is 0 Å². The Morgan fingerprint density at radius 1 is 1.09 bits per heavy atom. The minimum atomic E-state index is -0.543. The maximum absolute atomic E-state index is 12.9. The summed E-state index contributed by atoms with van der Waals surface area (Å²) in [5.74, 6) is -1.42. The van der Waals surface area contributed by atoms with Crippen molar-refractivity contribution in [3.05, 3.63) is 73.1 Å². The monoisotopic (exact) mass is 444 g/mol. The first-order valence-corrected chi connectivity index (χ1v) is 9.93. The molecule has 0 unspecified atom stereocenters. The van der Waals surface area contributed by atoms with Crippen molar-refractivity contribution in [3.63, 3.8) is 0 Å². The van der Waals surface area contributed by atoms with Crippen LogP contribution in [0, 0.1) is 0 Å². The van der Waals surface area contributed by atoms with Gasteiger partial charge in [-0.25, -0.2) is 14.6 Å². The lowest BCUT2D eigenvalue weighted by Crippen LogP contribution is -2.38.